The van der Waals surface area contributed by atoms with Gasteiger partial charge in [-0.2, -0.15) is 0 Å². The smallest absolute Gasteiger partial charge is 0.222 e. The maximum Gasteiger partial charge on any atom is 0.222 e. The number of piperidine rings is 1. The zero-order valence-electron chi connectivity index (χ0n) is 12.9. The zero-order chi connectivity index (χ0) is 14.8. The largest absolute Gasteiger partial charge is 0.356 e. The van der Waals surface area contributed by atoms with Crippen LogP contribution in [0.25, 0.3) is 0 Å². The van der Waals surface area contributed by atoms with Gasteiger partial charge in [-0.05, 0) is 45.7 Å². The van der Waals surface area contributed by atoms with Crippen LogP contribution < -0.4 is 10.6 Å². The monoisotopic (exact) mass is 283 g/mol. The summed E-state index contributed by atoms with van der Waals surface area (Å²) in [5, 5.41) is 6.10. The quantitative estimate of drug-likeness (QED) is 0.705. The van der Waals surface area contributed by atoms with Crippen LogP contribution in [-0.4, -0.2) is 48.9 Å². The van der Waals surface area contributed by atoms with Crippen molar-refractivity contribution in [1.82, 2.24) is 15.5 Å². The van der Waals surface area contributed by atoms with E-state index in [9.17, 15) is 9.59 Å². The van der Waals surface area contributed by atoms with Crippen LogP contribution in [0.4, 0.5) is 0 Å². The third-order valence-electron chi connectivity index (χ3n) is 3.70. The van der Waals surface area contributed by atoms with E-state index in [2.05, 4.69) is 17.6 Å². The van der Waals surface area contributed by atoms with Crippen LogP contribution in [0.1, 0.15) is 52.4 Å². The van der Waals surface area contributed by atoms with E-state index < -0.39 is 0 Å². The van der Waals surface area contributed by atoms with E-state index in [0.29, 0.717) is 31.8 Å². The van der Waals surface area contributed by atoms with Crippen LogP contribution >= 0.6 is 0 Å². The van der Waals surface area contributed by atoms with Crippen molar-refractivity contribution in [1.29, 1.82) is 0 Å². The molecule has 1 saturated heterocycles. The van der Waals surface area contributed by atoms with E-state index >= 15 is 0 Å². The molecule has 0 aromatic heterocycles. The Hall–Kier alpha value is -1.10. The van der Waals surface area contributed by atoms with E-state index in [0.717, 1.165) is 38.9 Å². The lowest BCUT2D eigenvalue weighted by Gasteiger charge is -2.34. The van der Waals surface area contributed by atoms with Gasteiger partial charge in [0.1, 0.15) is 0 Å². The average Bonchev–Trinajstić information content (AvgIpc) is 2.46. The molecule has 0 bridgehead atoms. The van der Waals surface area contributed by atoms with Crippen LogP contribution in [-0.2, 0) is 9.59 Å². The lowest BCUT2D eigenvalue weighted by molar-refractivity contribution is -0.134. The fourth-order valence-corrected chi connectivity index (χ4v) is 2.70. The summed E-state index contributed by atoms with van der Waals surface area (Å²) in [6, 6.07) is 0.383. The van der Waals surface area contributed by atoms with Crippen LogP contribution in [0.2, 0.25) is 0 Å². The van der Waals surface area contributed by atoms with Gasteiger partial charge >= 0.3 is 0 Å². The average molecular weight is 283 g/mol. The highest BCUT2D eigenvalue weighted by Gasteiger charge is 2.24. The molecule has 0 unspecified atom stereocenters. The Balaban J connectivity index is 2.37. The summed E-state index contributed by atoms with van der Waals surface area (Å²) in [6.07, 6.45) is 4.67. The number of nitrogens with zero attached hydrogens (tertiary/aromatic N) is 1. The first-order valence-electron chi connectivity index (χ1n) is 7.95. The van der Waals surface area contributed by atoms with Crippen molar-refractivity contribution in [2.45, 2.75) is 58.4 Å². The predicted molar refractivity (Wildman–Crippen MR) is 80.4 cm³/mol. The maximum absolute atomic E-state index is 12.3. The van der Waals surface area contributed by atoms with Crippen LogP contribution in [0, 0.1) is 0 Å². The van der Waals surface area contributed by atoms with Gasteiger partial charge in [-0.3, -0.25) is 9.59 Å². The molecule has 1 rings (SSSR count). The molecule has 0 atom stereocenters. The SMILES string of the molecule is CCCN(C(=O)CCCC(=O)NCC)C1CCNCC1. The summed E-state index contributed by atoms with van der Waals surface area (Å²) < 4.78 is 0. The van der Waals surface area contributed by atoms with Crippen molar-refractivity contribution in [3.63, 3.8) is 0 Å². The fraction of sp³-hybridized carbons (Fsp3) is 0.867. The molecule has 0 radical (unpaired) electrons. The highest BCUT2D eigenvalue weighted by atomic mass is 16.2. The van der Waals surface area contributed by atoms with E-state index in [-0.39, 0.29) is 11.8 Å². The molecule has 116 valence electrons. The minimum atomic E-state index is 0.0456. The summed E-state index contributed by atoms with van der Waals surface area (Å²) in [7, 11) is 0. The molecule has 0 spiro atoms. The van der Waals surface area contributed by atoms with Crippen LogP contribution in [0.15, 0.2) is 0 Å². The van der Waals surface area contributed by atoms with Crippen molar-refractivity contribution in [2.24, 2.45) is 0 Å². The van der Waals surface area contributed by atoms with Crippen LogP contribution in [0.3, 0.4) is 0 Å². The third-order valence-corrected chi connectivity index (χ3v) is 3.70. The van der Waals surface area contributed by atoms with Crippen molar-refractivity contribution in [3.8, 4) is 0 Å². The molecule has 0 aromatic carbocycles. The summed E-state index contributed by atoms with van der Waals surface area (Å²) >= 11 is 0. The molecule has 0 saturated carbocycles. The van der Waals surface area contributed by atoms with Gasteiger partial charge in [-0.25, -0.2) is 0 Å². The molecule has 1 heterocycles. The van der Waals surface area contributed by atoms with Gasteiger partial charge in [-0.1, -0.05) is 6.92 Å². The van der Waals surface area contributed by atoms with Gasteiger partial charge in [0.2, 0.25) is 11.8 Å². The first-order chi connectivity index (χ1) is 9.69. The molecule has 2 amide bonds. The number of amides is 2. The number of nitrogens with one attached hydrogen (secondary N) is 2. The van der Waals surface area contributed by atoms with Crippen molar-refractivity contribution in [2.75, 3.05) is 26.2 Å². The lowest BCUT2D eigenvalue weighted by atomic mass is 10.0. The molecule has 0 aromatic rings. The number of carbonyl (C=O) groups excluding carboxylic acids is 2. The van der Waals surface area contributed by atoms with E-state index in [1.54, 1.807) is 0 Å². The summed E-state index contributed by atoms with van der Waals surface area (Å²) in [6.45, 7) is 7.50. The minimum absolute atomic E-state index is 0.0456. The van der Waals surface area contributed by atoms with Gasteiger partial charge in [-0.15, -0.1) is 0 Å². The van der Waals surface area contributed by atoms with Gasteiger partial charge in [0, 0.05) is 32.0 Å². The Bertz CT molecular complexity index is 301. The Morgan fingerprint density at radius 3 is 2.50 bits per heavy atom. The van der Waals surface area contributed by atoms with Crippen LogP contribution in [0.5, 0.6) is 0 Å². The second-order valence-corrected chi connectivity index (χ2v) is 5.38. The number of hydrogen-bond acceptors (Lipinski definition) is 3. The molecule has 1 aliphatic rings. The molecule has 1 aliphatic heterocycles. The third kappa shape index (κ3) is 5.90. The highest BCUT2D eigenvalue weighted by Crippen LogP contribution is 2.15. The van der Waals surface area contributed by atoms with E-state index in [1.807, 2.05) is 11.8 Å². The maximum atomic E-state index is 12.3. The number of carbonyl (C=O) groups is 2. The second kappa shape index (κ2) is 9.75. The Morgan fingerprint density at radius 2 is 1.90 bits per heavy atom. The standard InChI is InChI=1S/C15H29N3O2/c1-3-12-18(13-8-10-16-11-9-13)15(20)7-5-6-14(19)17-4-2/h13,16H,3-12H2,1-2H3,(H,17,19). The van der Waals surface area contributed by atoms with Gasteiger partial charge in [0.05, 0.1) is 0 Å². The van der Waals surface area contributed by atoms with Crippen molar-refractivity contribution >= 4 is 11.8 Å². The van der Waals surface area contributed by atoms with Gasteiger partial charge in [0.15, 0.2) is 0 Å². The second-order valence-electron chi connectivity index (χ2n) is 5.38. The Labute approximate surface area is 122 Å². The predicted octanol–water partition coefficient (Wildman–Crippen LogP) is 1.28. The summed E-state index contributed by atoms with van der Waals surface area (Å²) in [5.74, 6) is 0.257. The molecular weight excluding hydrogens is 254 g/mol. The molecule has 0 aliphatic carbocycles. The lowest BCUT2D eigenvalue weighted by Crippen LogP contribution is -2.46. The molecule has 1 fully saturated rings. The van der Waals surface area contributed by atoms with Crippen molar-refractivity contribution < 1.29 is 9.59 Å². The molecule has 5 nitrogen and oxygen atoms in total. The summed E-state index contributed by atoms with van der Waals surface area (Å²) in [5.41, 5.74) is 0. The molecule has 20 heavy (non-hydrogen) atoms. The topological polar surface area (TPSA) is 61.4 Å². The van der Waals surface area contributed by atoms with E-state index in [4.69, 9.17) is 0 Å². The molecule has 5 heteroatoms. The molecular formula is C15H29N3O2. The first kappa shape index (κ1) is 17.0. The van der Waals surface area contributed by atoms with E-state index in [1.165, 1.54) is 0 Å². The minimum Gasteiger partial charge on any atom is -0.356 e. The summed E-state index contributed by atoms with van der Waals surface area (Å²) in [4.78, 5) is 25.8. The number of rotatable bonds is 8. The number of hydrogen-bond donors (Lipinski definition) is 2. The van der Waals surface area contributed by atoms with Crippen molar-refractivity contribution in [3.05, 3.63) is 0 Å². The van der Waals surface area contributed by atoms with Gasteiger partial charge in [0.25, 0.3) is 0 Å². The Kier molecular flexibility index (Phi) is 8.26. The normalized spacial score (nSPS) is 15.9. The zero-order valence-corrected chi connectivity index (χ0v) is 12.9. The Morgan fingerprint density at radius 1 is 1.20 bits per heavy atom. The van der Waals surface area contributed by atoms with Gasteiger partial charge < -0.3 is 15.5 Å². The fourth-order valence-electron chi connectivity index (χ4n) is 2.70. The first-order valence-corrected chi connectivity index (χ1v) is 7.95. The molecule has 2 N–H and O–H groups in total. The highest BCUT2D eigenvalue weighted by molar-refractivity contribution is 5.79.